The highest BCUT2D eigenvalue weighted by Crippen LogP contribution is 2.06. The maximum absolute atomic E-state index is 12.0. The molecule has 1 rings (SSSR count). The Morgan fingerprint density at radius 1 is 0.926 bits per heavy atom. The summed E-state index contributed by atoms with van der Waals surface area (Å²) in [6.45, 7) is 4.00. The van der Waals surface area contributed by atoms with Gasteiger partial charge in [0.05, 0.1) is 6.42 Å². The fourth-order valence-corrected chi connectivity index (χ4v) is 2.19. The molecule has 150 valence electrons. The van der Waals surface area contributed by atoms with Gasteiger partial charge in [-0.2, -0.15) is 0 Å². The van der Waals surface area contributed by atoms with E-state index in [4.69, 9.17) is 15.3 Å². The highest BCUT2D eigenvalue weighted by atomic mass is 16.4. The molecule has 2 amide bonds. The molecule has 0 saturated heterocycles. The number of carboxylic acids is 3. The van der Waals surface area contributed by atoms with Crippen molar-refractivity contribution in [3.8, 4) is 0 Å². The van der Waals surface area contributed by atoms with E-state index in [9.17, 15) is 19.2 Å². The van der Waals surface area contributed by atoms with Crippen molar-refractivity contribution < 1.29 is 34.5 Å². The fraction of sp³-hybridized carbons (Fsp3) is 0.444. The van der Waals surface area contributed by atoms with E-state index in [2.05, 4.69) is 10.6 Å². The lowest BCUT2D eigenvalue weighted by Crippen LogP contribution is -2.50. The predicted octanol–water partition coefficient (Wildman–Crippen LogP) is 1.72. The molecule has 1 aromatic rings. The number of hydrogen-bond acceptors (Lipinski definition) is 4. The van der Waals surface area contributed by atoms with Gasteiger partial charge in [-0.3, -0.25) is 9.59 Å². The molecular formula is C18H26N2O7. The van der Waals surface area contributed by atoms with Crippen LogP contribution in [0.15, 0.2) is 30.3 Å². The van der Waals surface area contributed by atoms with Crippen molar-refractivity contribution in [2.45, 2.75) is 51.6 Å². The second-order valence-electron chi connectivity index (χ2n) is 5.43. The number of rotatable bonds is 10. The number of nitrogens with one attached hydrogen (secondary N) is 2. The van der Waals surface area contributed by atoms with Crippen LogP contribution in [0.3, 0.4) is 0 Å². The molecule has 2 atom stereocenters. The summed E-state index contributed by atoms with van der Waals surface area (Å²) in [6, 6.07) is 5.93. The van der Waals surface area contributed by atoms with Crippen molar-refractivity contribution in [1.82, 2.24) is 10.6 Å². The molecule has 0 aliphatic heterocycles. The third kappa shape index (κ3) is 11.2. The maximum atomic E-state index is 12.0. The molecule has 27 heavy (non-hydrogen) atoms. The minimum Gasteiger partial charge on any atom is -0.481 e. The molecule has 0 aliphatic carbocycles. The third-order valence-corrected chi connectivity index (χ3v) is 3.33. The summed E-state index contributed by atoms with van der Waals surface area (Å²) in [7, 11) is 0. The number of urea groups is 1. The van der Waals surface area contributed by atoms with E-state index in [1.807, 2.05) is 13.8 Å². The van der Waals surface area contributed by atoms with Crippen LogP contribution in [0.1, 0.15) is 38.7 Å². The van der Waals surface area contributed by atoms with Gasteiger partial charge in [-0.05, 0) is 18.4 Å². The Bertz CT molecular complexity index is 619. The van der Waals surface area contributed by atoms with E-state index in [0.717, 1.165) is 5.56 Å². The van der Waals surface area contributed by atoms with Crippen LogP contribution in [0.5, 0.6) is 0 Å². The van der Waals surface area contributed by atoms with E-state index in [1.54, 1.807) is 30.3 Å². The van der Waals surface area contributed by atoms with Crippen LogP contribution in [0.25, 0.3) is 0 Å². The smallest absolute Gasteiger partial charge is 0.326 e. The lowest BCUT2D eigenvalue weighted by atomic mass is 10.0. The first-order valence-electron chi connectivity index (χ1n) is 8.55. The minimum atomic E-state index is -1.38. The lowest BCUT2D eigenvalue weighted by Gasteiger charge is -2.20. The summed E-state index contributed by atoms with van der Waals surface area (Å²) in [4.78, 5) is 44.5. The quantitative estimate of drug-likeness (QED) is 0.413. The summed E-state index contributed by atoms with van der Waals surface area (Å²) < 4.78 is 0. The molecule has 0 bridgehead atoms. The second-order valence-corrected chi connectivity index (χ2v) is 5.43. The molecule has 9 nitrogen and oxygen atoms in total. The van der Waals surface area contributed by atoms with Crippen molar-refractivity contribution in [1.29, 1.82) is 0 Å². The number of amides is 2. The summed E-state index contributed by atoms with van der Waals surface area (Å²) in [5.41, 5.74) is 0.815. The van der Waals surface area contributed by atoms with Gasteiger partial charge < -0.3 is 26.0 Å². The molecule has 0 aliphatic rings. The standard InChI is InChI=1S/C16H20N2O7.C2H6/c19-13(20)7-6-12(15(23)24)18-16(25)17-11(9-14(21)22)8-10-4-2-1-3-5-10;1-2/h1-5,11-12H,6-9H2,(H,19,20)(H,21,22)(H,23,24)(H2,17,18,25);1-2H3. The minimum absolute atomic E-state index is 0.257. The fourth-order valence-electron chi connectivity index (χ4n) is 2.19. The summed E-state index contributed by atoms with van der Waals surface area (Å²) in [5.74, 6) is -3.66. The normalized spacial score (nSPS) is 11.9. The van der Waals surface area contributed by atoms with Gasteiger partial charge in [0.15, 0.2) is 0 Å². The third-order valence-electron chi connectivity index (χ3n) is 3.33. The van der Waals surface area contributed by atoms with Crippen LogP contribution in [0.2, 0.25) is 0 Å². The Kier molecular flexibility index (Phi) is 11.6. The first-order chi connectivity index (χ1) is 12.8. The van der Waals surface area contributed by atoms with Crippen molar-refractivity contribution in [3.63, 3.8) is 0 Å². The van der Waals surface area contributed by atoms with Crippen molar-refractivity contribution >= 4 is 23.9 Å². The SMILES string of the molecule is CC.O=C(O)CCC(NC(=O)NC(CC(=O)O)Cc1ccccc1)C(=O)O. The Balaban J connectivity index is 0.00000326. The van der Waals surface area contributed by atoms with Gasteiger partial charge in [-0.25, -0.2) is 9.59 Å². The maximum Gasteiger partial charge on any atom is 0.326 e. The Morgan fingerprint density at radius 3 is 2.00 bits per heavy atom. The van der Waals surface area contributed by atoms with Crippen LogP contribution in [0, 0.1) is 0 Å². The zero-order chi connectivity index (χ0) is 20.8. The largest absolute Gasteiger partial charge is 0.481 e. The van der Waals surface area contributed by atoms with Crippen molar-refractivity contribution in [2.75, 3.05) is 0 Å². The van der Waals surface area contributed by atoms with Gasteiger partial charge in [0.2, 0.25) is 0 Å². The zero-order valence-electron chi connectivity index (χ0n) is 15.3. The molecule has 2 unspecified atom stereocenters. The topological polar surface area (TPSA) is 153 Å². The average Bonchev–Trinajstić information content (AvgIpc) is 2.60. The molecule has 1 aromatic carbocycles. The predicted molar refractivity (Wildman–Crippen MR) is 97.5 cm³/mol. The Hall–Kier alpha value is -3.10. The second kappa shape index (κ2) is 13.2. The number of hydrogen-bond donors (Lipinski definition) is 5. The Morgan fingerprint density at radius 2 is 1.52 bits per heavy atom. The molecule has 0 aromatic heterocycles. The average molecular weight is 382 g/mol. The first-order valence-corrected chi connectivity index (χ1v) is 8.55. The van der Waals surface area contributed by atoms with Crippen LogP contribution >= 0.6 is 0 Å². The van der Waals surface area contributed by atoms with Crippen LogP contribution in [-0.4, -0.2) is 51.3 Å². The van der Waals surface area contributed by atoms with Crippen LogP contribution in [0.4, 0.5) is 4.79 Å². The number of carboxylic acid groups (broad SMARTS) is 3. The van der Waals surface area contributed by atoms with E-state index >= 15 is 0 Å². The van der Waals surface area contributed by atoms with Gasteiger partial charge >= 0.3 is 23.9 Å². The molecule has 9 heteroatoms. The summed E-state index contributed by atoms with van der Waals surface area (Å²) >= 11 is 0. The van der Waals surface area contributed by atoms with E-state index in [1.165, 1.54) is 0 Å². The van der Waals surface area contributed by atoms with Crippen molar-refractivity contribution in [2.24, 2.45) is 0 Å². The molecule has 0 fully saturated rings. The van der Waals surface area contributed by atoms with E-state index < -0.39 is 42.4 Å². The summed E-state index contributed by atoms with van der Waals surface area (Å²) in [5, 5.41) is 31.2. The van der Waals surface area contributed by atoms with Crippen LogP contribution < -0.4 is 10.6 Å². The van der Waals surface area contributed by atoms with Gasteiger partial charge in [0, 0.05) is 12.5 Å². The Labute approximate surface area is 157 Å². The molecule has 0 saturated carbocycles. The van der Waals surface area contributed by atoms with Gasteiger partial charge in [-0.15, -0.1) is 0 Å². The highest BCUT2D eigenvalue weighted by Gasteiger charge is 2.23. The monoisotopic (exact) mass is 382 g/mol. The first kappa shape index (κ1) is 23.9. The number of carbonyl (C=O) groups is 4. The van der Waals surface area contributed by atoms with Gasteiger partial charge in [-0.1, -0.05) is 44.2 Å². The van der Waals surface area contributed by atoms with Crippen molar-refractivity contribution in [3.05, 3.63) is 35.9 Å². The molecule has 0 radical (unpaired) electrons. The lowest BCUT2D eigenvalue weighted by molar-refractivity contribution is -0.141. The molecular weight excluding hydrogens is 356 g/mol. The van der Waals surface area contributed by atoms with Gasteiger partial charge in [0.25, 0.3) is 0 Å². The van der Waals surface area contributed by atoms with E-state index in [-0.39, 0.29) is 19.3 Å². The summed E-state index contributed by atoms with van der Waals surface area (Å²) in [6.07, 6.45) is -0.775. The number of carbonyl (C=O) groups excluding carboxylic acids is 1. The van der Waals surface area contributed by atoms with Crippen LogP contribution in [-0.2, 0) is 20.8 Å². The van der Waals surface area contributed by atoms with Gasteiger partial charge in [0.1, 0.15) is 6.04 Å². The number of aliphatic carboxylic acids is 3. The molecule has 0 heterocycles. The highest BCUT2D eigenvalue weighted by molar-refractivity contribution is 5.83. The number of benzene rings is 1. The van der Waals surface area contributed by atoms with E-state index in [0.29, 0.717) is 0 Å². The molecule has 5 N–H and O–H groups in total. The molecule has 0 spiro atoms. The zero-order valence-corrected chi connectivity index (χ0v) is 15.3.